The maximum absolute atomic E-state index is 6.11. The fourth-order valence-electron chi connectivity index (χ4n) is 2.68. The van der Waals surface area contributed by atoms with Crippen LogP contribution in [0, 0.1) is 5.92 Å². The molecular formula is C19H39ClS2. The van der Waals surface area contributed by atoms with Crippen molar-refractivity contribution in [1.29, 1.82) is 0 Å². The SMILES string of the molecule is CCCCCCC(CCCCC)[C@H](CCCl)SSC(C)(C)C. The van der Waals surface area contributed by atoms with Crippen molar-refractivity contribution in [3.05, 3.63) is 0 Å². The Bertz CT molecular complexity index is 238. The third-order valence-electron chi connectivity index (χ3n) is 3.95. The number of hydrogen-bond donors (Lipinski definition) is 0. The molecule has 0 radical (unpaired) electrons. The van der Waals surface area contributed by atoms with Crippen LogP contribution in [0.15, 0.2) is 0 Å². The van der Waals surface area contributed by atoms with Gasteiger partial charge in [-0.15, -0.1) is 11.6 Å². The maximum atomic E-state index is 6.11. The van der Waals surface area contributed by atoms with Crippen molar-refractivity contribution >= 4 is 33.2 Å². The summed E-state index contributed by atoms with van der Waals surface area (Å²) < 4.78 is 0.339. The molecule has 0 saturated heterocycles. The van der Waals surface area contributed by atoms with Gasteiger partial charge in [-0.25, -0.2) is 0 Å². The first-order valence-corrected chi connectivity index (χ1v) is 12.1. The first-order chi connectivity index (χ1) is 10.4. The number of halogens is 1. The molecule has 3 heteroatoms. The molecule has 0 aromatic carbocycles. The van der Waals surface area contributed by atoms with Gasteiger partial charge in [0.25, 0.3) is 0 Å². The van der Waals surface area contributed by atoms with Crippen LogP contribution in [0.4, 0.5) is 0 Å². The second kappa shape index (κ2) is 14.3. The quantitative estimate of drug-likeness (QED) is 0.172. The first kappa shape index (κ1) is 23.0. The van der Waals surface area contributed by atoms with Crippen LogP contribution in [0.25, 0.3) is 0 Å². The van der Waals surface area contributed by atoms with E-state index in [-0.39, 0.29) is 0 Å². The van der Waals surface area contributed by atoms with Crippen molar-refractivity contribution < 1.29 is 0 Å². The Labute approximate surface area is 153 Å². The lowest BCUT2D eigenvalue weighted by Gasteiger charge is -2.29. The molecule has 2 atom stereocenters. The molecule has 0 rings (SSSR count). The van der Waals surface area contributed by atoms with Crippen LogP contribution in [0.3, 0.4) is 0 Å². The zero-order chi connectivity index (χ0) is 16.8. The van der Waals surface area contributed by atoms with Gasteiger partial charge < -0.3 is 0 Å². The van der Waals surface area contributed by atoms with E-state index >= 15 is 0 Å². The standard InChI is InChI=1S/C19H39ClS2/c1-6-8-10-12-14-17(13-11-9-7-2)18(15-16-20)21-22-19(3,4)5/h17-18H,6-16H2,1-5H3/t17?,18-/m0/s1. The average Bonchev–Trinajstić information content (AvgIpc) is 2.45. The van der Waals surface area contributed by atoms with E-state index in [0.29, 0.717) is 4.75 Å². The molecule has 0 aromatic heterocycles. The number of hydrogen-bond acceptors (Lipinski definition) is 2. The maximum Gasteiger partial charge on any atom is 0.0234 e. The summed E-state index contributed by atoms with van der Waals surface area (Å²) in [7, 11) is 4.17. The van der Waals surface area contributed by atoms with E-state index in [4.69, 9.17) is 11.6 Å². The summed E-state index contributed by atoms with van der Waals surface area (Å²) in [6.07, 6.45) is 13.6. The molecule has 0 nitrogen and oxygen atoms in total. The van der Waals surface area contributed by atoms with Crippen molar-refractivity contribution in [2.75, 3.05) is 5.88 Å². The summed E-state index contributed by atoms with van der Waals surface area (Å²) in [5.74, 6) is 1.67. The molecule has 0 aliphatic rings. The molecule has 0 bridgehead atoms. The normalized spacial score (nSPS) is 15.0. The number of alkyl halides is 1. The van der Waals surface area contributed by atoms with Crippen LogP contribution >= 0.6 is 33.2 Å². The zero-order valence-electron chi connectivity index (χ0n) is 15.6. The smallest absolute Gasteiger partial charge is 0.0234 e. The van der Waals surface area contributed by atoms with Gasteiger partial charge in [0.2, 0.25) is 0 Å². The minimum atomic E-state index is 0.339. The minimum absolute atomic E-state index is 0.339. The van der Waals surface area contributed by atoms with Gasteiger partial charge in [-0.1, -0.05) is 101 Å². The van der Waals surface area contributed by atoms with Crippen LogP contribution < -0.4 is 0 Å². The summed E-state index contributed by atoms with van der Waals surface area (Å²) in [6, 6.07) is 0. The van der Waals surface area contributed by atoms with E-state index in [9.17, 15) is 0 Å². The number of unbranched alkanes of at least 4 members (excludes halogenated alkanes) is 5. The highest BCUT2D eigenvalue weighted by Crippen LogP contribution is 2.43. The Balaban J connectivity index is 4.48. The molecule has 0 aliphatic heterocycles. The van der Waals surface area contributed by atoms with Gasteiger partial charge in [-0.05, 0) is 25.2 Å². The molecule has 22 heavy (non-hydrogen) atoms. The summed E-state index contributed by atoms with van der Waals surface area (Å²) in [5.41, 5.74) is 0. The summed E-state index contributed by atoms with van der Waals surface area (Å²) in [4.78, 5) is 0. The lowest BCUT2D eigenvalue weighted by atomic mass is 9.90. The predicted octanol–water partition coefficient (Wildman–Crippen LogP) is 8.33. The van der Waals surface area contributed by atoms with Crippen LogP contribution in [0.1, 0.15) is 98.8 Å². The van der Waals surface area contributed by atoms with Gasteiger partial charge in [0.05, 0.1) is 0 Å². The van der Waals surface area contributed by atoms with E-state index in [2.05, 4.69) is 56.2 Å². The molecule has 0 heterocycles. The van der Waals surface area contributed by atoms with Gasteiger partial charge in [-0.2, -0.15) is 0 Å². The van der Waals surface area contributed by atoms with E-state index in [1.807, 2.05) is 0 Å². The Kier molecular flexibility index (Phi) is 15.0. The molecule has 0 N–H and O–H groups in total. The molecule has 1 unspecified atom stereocenters. The minimum Gasteiger partial charge on any atom is -0.127 e. The average molecular weight is 367 g/mol. The largest absolute Gasteiger partial charge is 0.127 e. The molecule has 0 aliphatic carbocycles. The molecule has 0 amide bonds. The van der Waals surface area contributed by atoms with Crippen LogP contribution in [0.5, 0.6) is 0 Å². The number of rotatable bonds is 14. The van der Waals surface area contributed by atoms with Gasteiger partial charge in [0.1, 0.15) is 0 Å². The third kappa shape index (κ3) is 13.4. The summed E-state index contributed by atoms with van der Waals surface area (Å²) in [5, 5.41) is 0.736. The van der Waals surface area contributed by atoms with E-state index in [1.54, 1.807) is 0 Å². The lowest BCUT2D eigenvalue weighted by molar-refractivity contribution is 0.392. The van der Waals surface area contributed by atoms with Crippen LogP contribution in [-0.4, -0.2) is 15.9 Å². The second-order valence-corrected chi connectivity index (χ2v) is 11.1. The highest BCUT2D eigenvalue weighted by Gasteiger charge is 2.24. The molecular weight excluding hydrogens is 328 g/mol. The van der Waals surface area contributed by atoms with Crippen LogP contribution in [-0.2, 0) is 0 Å². The molecule has 0 spiro atoms. The van der Waals surface area contributed by atoms with Gasteiger partial charge in [0, 0.05) is 15.9 Å². The van der Waals surface area contributed by atoms with Crippen molar-refractivity contribution in [3.8, 4) is 0 Å². The van der Waals surface area contributed by atoms with E-state index in [0.717, 1.165) is 17.0 Å². The van der Waals surface area contributed by atoms with Crippen LogP contribution in [0.2, 0.25) is 0 Å². The highest BCUT2D eigenvalue weighted by molar-refractivity contribution is 8.77. The Morgan fingerprint density at radius 2 is 1.36 bits per heavy atom. The van der Waals surface area contributed by atoms with E-state index < -0.39 is 0 Å². The van der Waals surface area contributed by atoms with Crippen molar-refractivity contribution in [2.24, 2.45) is 5.92 Å². The lowest BCUT2D eigenvalue weighted by Crippen LogP contribution is -2.19. The predicted molar refractivity (Wildman–Crippen MR) is 110 cm³/mol. The zero-order valence-corrected chi connectivity index (χ0v) is 18.0. The monoisotopic (exact) mass is 366 g/mol. The van der Waals surface area contributed by atoms with Gasteiger partial charge >= 0.3 is 0 Å². The Hall–Kier alpha value is 0.990. The molecule has 0 saturated carbocycles. The fraction of sp³-hybridized carbons (Fsp3) is 1.00. The van der Waals surface area contributed by atoms with Gasteiger partial charge in [0.15, 0.2) is 0 Å². The summed E-state index contributed by atoms with van der Waals surface area (Å²) >= 11 is 6.11. The van der Waals surface area contributed by atoms with Crippen molar-refractivity contribution in [1.82, 2.24) is 0 Å². The second-order valence-electron chi connectivity index (χ2n) is 7.41. The first-order valence-electron chi connectivity index (χ1n) is 9.35. The topological polar surface area (TPSA) is 0 Å². The highest BCUT2D eigenvalue weighted by atomic mass is 35.5. The Morgan fingerprint density at radius 1 is 0.818 bits per heavy atom. The Morgan fingerprint density at radius 3 is 1.86 bits per heavy atom. The molecule has 134 valence electrons. The summed E-state index contributed by atoms with van der Waals surface area (Å²) in [6.45, 7) is 11.5. The van der Waals surface area contributed by atoms with Crippen molar-refractivity contribution in [2.45, 2.75) is 109 Å². The van der Waals surface area contributed by atoms with E-state index in [1.165, 1.54) is 64.2 Å². The fourth-order valence-corrected chi connectivity index (χ4v) is 6.10. The molecule has 0 aromatic rings. The third-order valence-corrected chi connectivity index (χ3v) is 8.16. The van der Waals surface area contributed by atoms with Crippen molar-refractivity contribution in [3.63, 3.8) is 0 Å². The molecule has 0 fully saturated rings. The van der Waals surface area contributed by atoms with Gasteiger partial charge in [-0.3, -0.25) is 0 Å².